The van der Waals surface area contributed by atoms with Gasteiger partial charge in [0.25, 0.3) is 0 Å². The monoisotopic (exact) mass is 171 g/mol. The number of aldehydes is 1. The molecule has 2 heteroatoms. The van der Waals surface area contributed by atoms with Crippen molar-refractivity contribution in [3.05, 3.63) is 41.5 Å². The van der Waals surface area contributed by atoms with Gasteiger partial charge in [0.2, 0.25) is 0 Å². The molecule has 2 nitrogen and oxygen atoms in total. The van der Waals surface area contributed by atoms with Crippen LogP contribution in [0.25, 0.3) is 5.57 Å². The predicted octanol–water partition coefficient (Wildman–Crippen LogP) is 1.97. The highest BCUT2D eigenvalue weighted by Gasteiger charge is 2.02. The molecule has 0 bridgehead atoms. The van der Waals surface area contributed by atoms with E-state index in [0.29, 0.717) is 5.56 Å². The predicted molar refractivity (Wildman–Crippen MR) is 53.2 cm³/mol. The highest BCUT2D eigenvalue weighted by molar-refractivity contribution is 5.90. The van der Waals surface area contributed by atoms with Crippen LogP contribution in [-0.4, -0.2) is 19.0 Å². The van der Waals surface area contributed by atoms with E-state index in [1.165, 1.54) is 5.57 Å². The quantitative estimate of drug-likeness (QED) is 0.625. The summed E-state index contributed by atoms with van der Waals surface area (Å²) in [5.41, 5.74) is 3.06. The SMILES string of the molecule is O=Cc1ccc(C2=CC=NC2)cc1. The lowest BCUT2D eigenvalue weighted by atomic mass is 10.1. The largest absolute Gasteiger partial charge is 0.298 e. The van der Waals surface area contributed by atoms with Crippen molar-refractivity contribution in [1.82, 2.24) is 0 Å². The molecule has 1 aromatic rings. The molecule has 0 saturated heterocycles. The van der Waals surface area contributed by atoms with Crippen LogP contribution in [0.15, 0.2) is 35.3 Å². The smallest absolute Gasteiger partial charge is 0.150 e. The molecule has 1 aliphatic rings. The Hall–Kier alpha value is -1.70. The van der Waals surface area contributed by atoms with Crippen LogP contribution < -0.4 is 0 Å². The van der Waals surface area contributed by atoms with Gasteiger partial charge in [-0.25, -0.2) is 0 Å². The third kappa shape index (κ3) is 1.56. The van der Waals surface area contributed by atoms with E-state index < -0.39 is 0 Å². The van der Waals surface area contributed by atoms with E-state index in [0.717, 1.165) is 18.4 Å². The van der Waals surface area contributed by atoms with E-state index in [4.69, 9.17) is 0 Å². The van der Waals surface area contributed by atoms with E-state index in [9.17, 15) is 4.79 Å². The maximum Gasteiger partial charge on any atom is 0.150 e. The van der Waals surface area contributed by atoms with Crippen LogP contribution >= 0.6 is 0 Å². The molecule has 0 amide bonds. The molecule has 13 heavy (non-hydrogen) atoms. The van der Waals surface area contributed by atoms with Crippen LogP contribution in [0.3, 0.4) is 0 Å². The molecule has 0 radical (unpaired) electrons. The average molecular weight is 171 g/mol. The molecule has 0 aromatic heterocycles. The summed E-state index contributed by atoms with van der Waals surface area (Å²) < 4.78 is 0. The van der Waals surface area contributed by atoms with Gasteiger partial charge in [0, 0.05) is 11.8 Å². The van der Waals surface area contributed by atoms with Gasteiger partial charge >= 0.3 is 0 Å². The Morgan fingerprint density at radius 2 is 2.00 bits per heavy atom. The second kappa shape index (κ2) is 3.35. The summed E-state index contributed by atoms with van der Waals surface area (Å²) in [5.74, 6) is 0. The minimum absolute atomic E-state index is 0.711. The number of aliphatic imine (C=N–C) groups is 1. The molecule has 0 unspecified atom stereocenters. The highest BCUT2D eigenvalue weighted by Crippen LogP contribution is 2.17. The number of carbonyl (C=O) groups is 1. The molecule has 0 atom stereocenters. The standard InChI is InChI=1S/C11H9NO/c13-8-9-1-3-10(4-2-9)11-5-6-12-7-11/h1-6,8H,7H2. The molecule has 0 aliphatic carbocycles. The van der Waals surface area contributed by atoms with Gasteiger partial charge in [-0.3, -0.25) is 9.79 Å². The number of hydrogen-bond donors (Lipinski definition) is 0. The van der Waals surface area contributed by atoms with Crippen LogP contribution in [-0.2, 0) is 0 Å². The molecule has 0 fully saturated rings. The first-order valence-corrected chi connectivity index (χ1v) is 4.15. The summed E-state index contributed by atoms with van der Waals surface area (Å²) in [7, 11) is 0. The fourth-order valence-electron chi connectivity index (χ4n) is 1.31. The van der Waals surface area contributed by atoms with Gasteiger partial charge in [-0.1, -0.05) is 24.3 Å². The minimum Gasteiger partial charge on any atom is -0.298 e. The van der Waals surface area contributed by atoms with Gasteiger partial charge in [-0.2, -0.15) is 0 Å². The number of benzene rings is 1. The Morgan fingerprint density at radius 1 is 1.23 bits per heavy atom. The van der Waals surface area contributed by atoms with E-state index in [2.05, 4.69) is 4.99 Å². The fraction of sp³-hybridized carbons (Fsp3) is 0.0909. The molecule has 64 valence electrons. The van der Waals surface area contributed by atoms with Crippen LogP contribution in [0.5, 0.6) is 0 Å². The van der Waals surface area contributed by atoms with E-state index in [1.807, 2.05) is 36.6 Å². The fourth-order valence-corrected chi connectivity index (χ4v) is 1.31. The van der Waals surface area contributed by atoms with Crippen LogP contribution in [0.1, 0.15) is 15.9 Å². The summed E-state index contributed by atoms with van der Waals surface area (Å²) in [6.07, 6.45) is 4.65. The summed E-state index contributed by atoms with van der Waals surface area (Å²) >= 11 is 0. The lowest BCUT2D eigenvalue weighted by molar-refractivity contribution is 0.112. The third-order valence-electron chi connectivity index (χ3n) is 2.06. The zero-order valence-electron chi connectivity index (χ0n) is 7.10. The molecule has 2 rings (SSSR count). The first-order valence-electron chi connectivity index (χ1n) is 4.15. The molecule has 1 aromatic carbocycles. The van der Waals surface area contributed by atoms with Gasteiger partial charge in [-0.15, -0.1) is 0 Å². The number of carbonyl (C=O) groups excluding carboxylic acids is 1. The van der Waals surface area contributed by atoms with E-state index in [1.54, 1.807) is 0 Å². The number of nitrogens with zero attached hydrogens (tertiary/aromatic N) is 1. The van der Waals surface area contributed by atoms with Gasteiger partial charge < -0.3 is 0 Å². The summed E-state index contributed by atoms with van der Waals surface area (Å²) in [4.78, 5) is 14.5. The summed E-state index contributed by atoms with van der Waals surface area (Å²) in [6.45, 7) is 0.750. The van der Waals surface area contributed by atoms with Crippen molar-refractivity contribution < 1.29 is 4.79 Å². The number of allylic oxidation sites excluding steroid dienone is 1. The Labute approximate surface area is 76.6 Å². The van der Waals surface area contributed by atoms with Gasteiger partial charge in [0.05, 0.1) is 6.54 Å². The van der Waals surface area contributed by atoms with E-state index in [-0.39, 0.29) is 0 Å². The Bertz CT molecular complexity index is 374. The van der Waals surface area contributed by atoms with Crippen molar-refractivity contribution in [2.24, 2.45) is 4.99 Å². The molecule has 0 saturated carbocycles. The Morgan fingerprint density at radius 3 is 2.54 bits per heavy atom. The van der Waals surface area contributed by atoms with Crippen molar-refractivity contribution in [3.63, 3.8) is 0 Å². The lowest BCUT2D eigenvalue weighted by Gasteiger charge is -2.00. The first kappa shape index (κ1) is 7.92. The average Bonchev–Trinajstić information content (AvgIpc) is 2.71. The number of rotatable bonds is 2. The lowest BCUT2D eigenvalue weighted by Crippen LogP contribution is -1.86. The van der Waals surface area contributed by atoms with Crippen LogP contribution in [0.2, 0.25) is 0 Å². The Kier molecular flexibility index (Phi) is 2.04. The molecule has 1 aliphatic heterocycles. The van der Waals surface area contributed by atoms with Crippen molar-refractivity contribution in [2.45, 2.75) is 0 Å². The molecular weight excluding hydrogens is 162 g/mol. The molecule has 0 spiro atoms. The zero-order chi connectivity index (χ0) is 9.10. The topological polar surface area (TPSA) is 29.4 Å². The van der Waals surface area contributed by atoms with E-state index >= 15 is 0 Å². The normalized spacial score (nSPS) is 14.3. The van der Waals surface area contributed by atoms with Gasteiger partial charge in [0.15, 0.2) is 0 Å². The third-order valence-corrected chi connectivity index (χ3v) is 2.06. The van der Waals surface area contributed by atoms with Crippen molar-refractivity contribution in [2.75, 3.05) is 6.54 Å². The summed E-state index contributed by atoms with van der Waals surface area (Å²) in [5, 5.41) is 0. The summed E-state index contributed by atoms with van der Waals surface area (Å²) in [6, 6.07) is 7.54. The van der Waals surface area contributed by atoms with Crippen LogP contribution in [0.4, 0.5) is 0 Å². The second-order valence-electron chi connectivity index (χ2n) is 2.92. The highest BCUT2D eigenvalue weighted by atomic mass is 16.1. The van der Waals surface area contributed by atoms with Crippen molar-refractivity contribution in [1.29, 1.82) is 0 Å². The first-order chi connectivity index (χ1) is 6.40. The second-order valence-corrected chi connectivity index (χ2v) is 2.92. The van der Waals surface area contributed by atoms with Gasteiger partial charge in [0.1, 0.15) is 6.29 Å². The molecule has 0 N–H and O–H groups in total. The zero-order valence-corrected chi connectivity index (χ0v) is 7.10. The number of hydrogen-bond acceptors (Lipinski definition) is 2. The maximum absolute atomic E-state index is 10.4. The minimum atomic E-state index is 0.711. The van der Waals surface area contributed by atoms with Crippen molar-refractivity contribution in [3.8, 4) is 0 Å². The van der Waals surface area contributed by atoms with Crippen LogP contribution in [0, 0.1) is 0 Å². The molecule has 1 heterocycles. The molecular formula is C11H9NO. The van der Waals surface area contributed by atoms with Gasteiger partial charge in [-0.05, 0) is 17.2 Å². The Balaban J connectivity index is 2.28. The van der Waals surface area contributed by atoms with Crippen molar-refractivity contribution >= 4 is 18.1 Å². The maximum atomic E-state index is 10.4.